The second-order valence-electron chi connectivity index (χ2n) is 7.20. The summed E-state index contributed by atoms with van der Waals surface area (Å²) in [4.78, 5) is 42.8. The van der Waals surface area contributed by atoms with Crippen LogP contribution in [-0.2, 0) is 15.1 Å². The van der Waals surface area contributed by atoms with Gasteiger partial charge in [0.05, 0.1) is 10.7 Å². The maximum Gasteiger partial charge on any atom is 0.325 e. The summed E-state index contributed by atoms with van der Waals surface area (Å²) in [7, 11) is 0. The Bertz CT molecular complexity index is 1180. The van der Waals surface area contributed by atoms with Gasteiger partial charge in [-0.3, -0.25) is 14.5 Å². The van der Waals surface area contributed by atoms with Crippen LogP contribution in [0.5, 0.6) is 0 Å². The lowest BCUT2D eigenvalue weighted by Gasteiger charge is -2.22. The minimum atomic E-state index is -1.24. The molecule has 4 amide bonds. The number of aromatic nitrogens is 2. The number of nitrogens with zero attached hydrogens (tertiary/aromatic N) is 3. The van der Waals surface area contributed by atoms with E-state index in [0.717, 1.165) is 4.90 Å². The van der Waals surface area contributed by atoms with E-state index in [0.29, 0.717) is 28.5 Å². The number of amides is 4. The van der Waals surface area contributed by atoms with Crippen LogP contribution in [0.2, 0.25) is 5.02 Å². The zero-order valence-corrected chi connectivity index (χ0v) is 17.4. The average molecular weight is 440 g/mol. The summed E-state index contributed by atoms with van der Waals surface area (Å²) >= 11 is 6.27. The molecule has 4 rings (SSSR count). The minimum absolute atomic E-state index is 0.244. The van der Waals surface area contributed by atoms with Crippen LogP contribution in [0.4, 0.5) is 10.5 Å². The largest absolute Gasteiger partial charge is 0.334 e. The van der Waals surface area contributed by atoms with Crippen molar-refractivity contribution in [1.29, 1.82) is 0 Å². The summed E-state index contributed by atoms with van der Waals surface area (Å²) in [6.45, 7) is 2.85. The summed E-state index contributed by atoms with van der Waals surface area (Å²) < 4.78 is 5.10. The van der Waals surface area contributed by atoms with Crippen LogP contribution in [0.15, 0.2) is 53.1 Å². The van der Waals surface area contributed by atoms with Crippen molar-refractivity contribution < 1.29 is 18.9 Å². The van der Waals surface area contributed by atoms with Crippen LogP contribution in [0.25, 0.3) is 11.5 Å². The molecule has 31 heavy (non-hydrogen) atoms. The summed E-state index contributed by atoms with van der Waals surface area (Å²) in [5.74, 6) is -0.285. The van der Waals surface area contributed by atoms with Crippen LogP contribution in [-0.4, -0.2) is 39.4 Å². The van der Waals surface area contributed by atoms with Gasteiger partial charge in [0.25, 0.3) is 11.8 Å². The first-order chi connectivity index (χ1) is 14.8. The Morgan fingerprint density at radius 2 is 1.97 bits per heavy atom. The van der Waals surface area contributed by atoms with Crippen molar-refractivity contribution in [2.45, 2.75) is 19.4 Å². The molecule has 0 bridgehead atoms. The van der Waals surface area contributed by atoms with Crippen molar-refractivity contribution in [3.05, 3.63) is 64.9 Å². The maximum absolute atomic E-state index is 12.9. The predicted molar refractivity (Wildman–Crippen MR) is 112 cm³/mol. The molecule has 2 aromatic carbocycles. The van der Waals surface area contributed by atoms with Gasteiger partial charge in [-0.2, -0.15) is 4.98 Å². The highest BCUT2D eigenvalue weighted by Crippen LogP contribution is 2.30. The molecule has 9 nitrogen and oxygen atoms in total. The summed E-state index contributed by atoms with van der Waals surface area (Å²) in [5, 5.41) is 9.25. The highest BCUT2D eigenvalue weighted by Gasteiger charge is 2.49. The Balaban J connectivity index is 1.46. The lowest BCUT2D eigenvalue weighted by Crippen LogP contribution is -2.42. The quantitative estimate of drug-likeness (QED) is 0.590. The van der Waals surface area contributed by atoms with E-state index in [1.165, 1.54) is 0 Å². The van der Waals surface area contributed by atoms with Gasteiger partial charge < -0.3 is 15.2 Å². The van der Waals surface area contributed by atoms with Crippen LogP contribution in [0.1, 0.15) is 18.3 Å². The van der Waals surface area contributed by atoms with Gasteiger partial charge in [-0.1, -0.05) is 47.1 Å². The molecule has 0 aliphatic carbocycles. The zero-order valence-electron chi connectivity index (χ0n) is 16.7. The third-order valence-electron chi connectivity index (χ3n) is 4.95. The van der Waals surface area contributed by atoms with Crippen LogP contribution in [0.3, 0.4) is 0 Å². The van der Waals surface area contributed by atoms with Gasteiger partial charge in [-0.25, -0.2) is 4.79 Å². The van der Waals surface area contributed by atoms with E-state index in [1.54, 1.807) is 56.3 Å². The van der Waals surface area contributed by atoms with Gasteiger partial charge >= 0.3 is 6.03 Å². The normalized spacial score (nSPS) is 18.2. The molecule has 1 aliphatic heterocycles. The number of benzene rings is 2. The SMILES string of the molecule is Cc1noc(-c2ccc(NC(=O)CN3C(=O)N[C@@](C)(c4ccccc4)C3=O)c(Cl)c2)n1. The number of hydrogen-bond donors (Lipinski definition) is 2. The number of anilines is 1. The second-order valence-corrected chi connectivity index (χ2v) is 7.61. The van der Waals surface area contributed by atoms with E-state index < -0.39 is 29.9 Å². The Morgan fingerprint density at radius 3 is 2.61 bits per heavy atom. The van der Waals surface area contributed by atoms with Crippen LogP contribution >= 0.6 is 11.6 Å². The molecule has 0 unspecified atom stereocenters. The lowest BCUT2D eigenvalue weighted by molar-refractivity contribution is -0.133. The first kappa shape index (κ1) is 20.5. The Morgan fingerprint density at radius 1 is 1.23 bits per heavy atom. The molecule has 1 aliphatic rings. The van der Waals surface area contributed by atoms with E-state index >= 15 is 0 Å². The van der Waals surface area contributed by atoms with Gasteiger partial charge in [-0.05, 0) is 37.6 Å². The van der Waals surface area contributed by atoms with Crippen molar-refractivity contribution in [2.75, 3.05) is 11.9 Å². The fourth-order valence-corrected chi connectivity index (χ4v) is 3.53. The fourth-order valence-electron chi connectivity index (χ4n) is 3.30. The molecule has 0 saturated carbocycles. The van der Waals surface area contributed by atoms with E-state index in [1.807, 2.05) is 6.07 Å². The van der Waals surface area contributed by atoms with Crippen molar-refractivity contribution in [3.8, 4) is 11.5 Å². The fraction of sp³-hybridized carbons (Fsp3) is 0.190. The van der Waals surface area contributed by atoms with Crippen LogP contribution in [0, 0.1) is 6.92 Å². The van der Waals surface area contributed by atoms with Gasteiger partial charge in [0.1, 0.15) is 12.1 Å². The molecule has 2 N–H and O–H groups in total. The van der Waals surface area contributed by atoms with Gasteiger partial charge in [-0.15, -0.1) is 0 Å². The maximum atomic E-state index is 12.9. The first-order valence-electron chi connectivity index (χ1n) is 9.37. The number of rotatable bonds is 5. The molecule has 1 aromatic heterocycles. The summed E-state index contributed by atoms with van der Waals surface area (Å²) in [6, 6.07) is 13.0. The molecule has 158 valence electrons. The molecule has 0 spiro atoms. The number of carbonyl (C=O) groups is 3. The minimum Gasteiger partial charge on any atom is -0.334 e. The highest BCUT2D eigenvalue weighted by molar-refractivity contribution is 6.34. The van der Waals surface area contributed by atoms with E-state index in [-0.39, 0.29) is 5.02 Å². The van der Waals surface area contributed by atoms with Crippen molar-refractivity contribution in [1.82, 2.24) is 20.4 Å². The summed E-state index contributed by atoms with van der Waals surface area (Å²) in [5.41, 5.74) is 0.312. The summed E-state index contributed by atoms with van der Waals surface area (Å²) in [6.07, 6.45) is 0. The standard InChI is InChI=1S/C21H18ClN5O4/c1-12-23-18(31-26-12)13-8-9-16(15(22)10-13)24-17(28)11-27-19(29)21(2,25-20(27)30)14-6-4-3-5-7-14/h3-10H,11H2,1-2H3,(H,24,28)(H,25,30)/t21-/m0/s1. The number of nitrogens with one attached hydrogen (secondary N) is 2. The topological polar surface area (TPSA) is 117 Å². The van der Waals surface area contributed by atoms with Crippen LogP contribution < -0.4 is 10.6 Å². The molecule has 0 radical (unpaired) electrons. The van der Waals surface area contributed by atoms with Crippen molar-refractivity contribution in [2.24, 2.45) is 0 Å². The predicted octanol–water partition coefficient (Wildman–Crippen LogP) is 3.10. The smallest absolute Gasteiger partial charge is 0.325 e. The third kappa shape index (κ3) is 3.87. The first-order valence-corrected chi connectivity index (χ1v) is 9.75. The number of hydrogen-bond acceptors (Lipinski definition) is 6. The number of halogens is 1. The molecule has 2 heterocycles. The molecular weight excluding hydrogens is 422 g/mol. The third-order valence-corrected chi connectivity index (χ3v) is 5.26. The molecule has 3 aromatic rings. The Hall–Kier alpha value is -3.72. The molecular formula is C21H18ClN5O4. The lowest BCUT2D eigenvalue weighted by atomic mass is 9.92. The molecule has 10 heteroatoms. The highest BCUT2D eigenvalue weighted by atomic mass is 35.5. The number of carbonyl (C=O) groups excluding carboxylic acids is 3. The second kappa shape index (κ2) is 7.84. The van der Waals surface area contributed by atoms with Gasteiger partial charge in [0.2, 0.25) is 5.91 Å². The van der Waals surface area contributed by atoms with Gasteiger partial charge in [0.15, 0.2) is 5.82 Å². The van der Waals surface area contributed by atoms with E-state index in [9.17, 15) is 14.4 Å². The molecule has 1 fully saturated rings. The number of aryl methyl sites for hydroxylation is 1. The van der Waals surface area contributed by atoms with Crippen molar-refractivity contribution >= 4 is 35.1 Å². The van der Waals surface area contributed by atoms with Crippen molar-refractivity contribution in [3.63, 3.8) is 0 Å². The Kier molecular flexibility index (Phi) is 5.20. The van der Waals surface area contributed by atoms with E-state index in [2.05, 4.69) is 20.8 Å². The number of imide groups is 1. The zero-order chi connectivity index (χ0) is 22.2. The molecule has 1 atom stereocenters. The monoisotopic (exact) mass is 439 g/mol. The van der Waals surface area contributed by atoms with Gasteiger partial charge in [0, 0.05) is 5.56 Å². The average Bonchev–Trinajstić information content (AvgIpc) is 3.27. The number of urea groups is 1. The van der Waals surface area contributed by atoms with E-state index in [4.69, 9.17) is 16.1 Å². The molecule has 1 saturated heterocycles. The Labute approximate surface area is 182 Å².